The minimum absolute atomic E-state index is 0.0149. The minimum atomic E-state index is -0.0306. The lowest BCUT2D eigenvalue weighted by atomic mass is 10.1. The molecule has 2 amide bonds. The quantitative estimate of drug-likeness (QED) is 0.614. The van der Waals surface area contributed by atoms with Crippen LogP contribution in [0.3, 0.4) is 0 Å². The Hall–Kier alpha value is -2.51. The maximum atomic E-state index is 12.0. The van der Waals surface area contributed by atoms with Gasteiger partial charge in [-0.3, -0.25) is 9.59 Å². The van der Waals surface area contributed by atoms with E-state index in [4.69, 9.17) is 0 Å². The Morgan fingerprint density at radius 2 is 1.85 bits per heavy atom. The summed E-state index contributed by atoms with van der Waals surface area (Å²) in [5, 5.41) is 10.2. The van der Waals surface area contributed by atoms with Crippen molar-refractivity contribution in [1.29, 1.82) is 0 Å². The molecule has 2 aromatic heterocycles. The van der Waals surface area contributed by atoms with Crippen molar-refractivity contribution in [3.05, 3.63) is 52.0 Å². The van der Waals surface area contributed by atoms with E-state index in [1.54, 1.807) is 11.3 Å². The normalized spacial score (nSPS) is 10.5. The van der Waals surface area contributed by atoms with Gasteiger partial charge >= 0.3 is 0 Å². The summed E-state index contributed by atoms with van der Waals surface area (Å²) in [6.07, 6.45) is 1.64. The summed E-state index contributed by atoms with van der Waals surface area (Å²) in [5.74, 6) is -0.0455. The standard InChI is InChI=1S/C19H19N3O2S2/c1-2-17(23)20-14-7-5-13(6-8-14)16-12-26-19(21-16)22-18(24)10-9-15-4-3-11-25-15/h3-8,11-12H,2,9-10H2,1H3,(H,20,23)(H,21,22,24). The van der Waals surface area contributed by atoms with Crippen LogP contribution < -0.4 is 10.6 Å². The highest BCUT2D eigenvalue weighted by atomic mass is 32.1. The Labute approximate surface area is 160 Å². The van der Waals surface area contributed by atoms with E-state index in [1.807, 2.05) is 54.1 Å². The molecule has 0 aliphatic carbocycles. The third-order valence-corrected chi connectivity index (χ3v) is 5.41. The number of thiophene rings is 1. The van der Waals surface area contributed by atoms with E-state index >= 15 is 0 Å². The molecule has 0 bridgehead atoms. The molecule has 0 radical (unpaired) electrons. The molecule has 0 atom stereocenters. The smallest absolute Gasteiger partial charge is 0.226 e. The molecule has 2 heterocycles. The second-order valence-corrected chi connectivity index (χ2v) is 7.53. The first-order chi connectivity index (χ1) is 12.6. The molecule has 0 saturated heterocycles. The summed E-state index contributed by atoms with van der Waals surface area (Å²) < 4.78 is 0. The number of amides is 2. The zero-order valence-electron chi connectivity index (χ0n) is 14.3. The van der Waals surface area contributed by atoms with Gasteiger partial charge in [-0.25, -0.2) is 4.98 Å². The maximum Gasteiger partial charge on any atom is 0.226 e. The van der Waals surface area contributed by atoms with E-state index < -0.39 is 0 Å². The van der Waals surface area contributed by atoms with Crippen LogP contribution in [0.25, 0.3) is 11.3 Å². The lowest BCUT2D eigenvalue weighted by Gasteiger charge is -2.04. The van der Waals surface area contributed by atoms with Gasteiger partial charge in [0.05, 0.1) is 5.69 Å². The minimum Gasteiger partial charge on any atom is -0.326 e. The molecule has 2 N–H and O–H groups in total. The summed E-state index contributed by atoms with van der Waals surface area (Å²) in [7, 11) is 0. The lowest BCUT2D eigenvalue weighted by molar-refractivity contribution is -0.116. The summed E-state index contributed by atoms with van der Waals surface area (Å²) in [4.78, 5) is 29.1. The van der Waals surface area contributed by atoms with Crippen LogP contribution in [0.4, 0.5) is 10.8 Å². The molecule has 1 aromatic carbocycles. The number of aromatic nitrogens is 1. The Balaban J connectivity index is 1.57. The van der Waals surface area contributed by atoms with E-state index in [1.165, 1.54) is 16.2 Å². The third kappa shape index (κ3) is 5.00. The molecule has 5 nitrogen and oxygen atoms in total. The van der Waals surface area contributed by atoms with Crippen molar-refractivity contribution in [1.82, 2.24) is 4.98 Å². The van der Waals surface area contributed by atoms with E-state index in [0.717, 1.165) is 23.4 Å². The van der Waals surface area contributed by atoms with Gasteiger partial charge in [0.25, 0.3) is 0 Å². The topological polar surface area (TPSA) is 71.1 Å². The first-order valence-electron chi connectivity index (χ1n) is 8.32. The second-order valence-electron chi connectivity index (χ2n) is 5.64. The van der Waals surface area contributed by atoms with Gasteiger partial charge in [-0.05, 0) is 30.0 Å². The number of benzene rings is 1. The fourth-order valence-electron chi connectivity index (χ4n) is 2.31. The molecule has 0 unspecified atom stereocenters. The van der Waals surface area contributed by atoms with E-state index in [9.17, 15) is 9.59 Å². The van der Waals surface area contributed by atoms with Crippen LogP contribution in [-0.2, 0) is 16.0 Å². The van der Waals surface area contributed by atoms with Crippen molar-refractivity contribution in [2.75, 3.05) is 10.6 Å². The van der Waals surface area contributed by atoms with Crippen LogP contribution in [0.1, 0.15) is 24.6 Å². The molecule has 0 aliphatic heterocycles. The Morgan fingerprint density at radius 1 is 1.04 bits per heavy atom. The monoisotopic (exact) mass is 385 g/mol. The summed E-state index contributed by atoms with van der Waals surface area (Å²) in [5.41, 5.74) is 2.50. The van der Waals surface area contributed by atoms with Crippen molar-refractivity contribution >= 4 is 45.3 Å². The molecule has 3 rings (SSSR count). The molecule has 0 aliphatic rings. The Bertz CT molecular complexity index is 871. The Morgan fingerprint density at radius 3 is 2.54 bits per heavy atom. The fraction of sp³-hybridized carbons (Fsp3) is 0.211. The third-order valence-electron chi connectivity index (χ3n) is 3.71. The molecular formula is C19H19N3O2S2. The molecular weight excluding hydrogens is 366 g/mol. The lowest BCUT2D eigenvalue weighted by Crippen LogP contribution is -2.11. The van der Waals surface area contributed by atoms with Gasteiger partial charge in [0.2, 0.25) is 11.8 Å². The molecule has 7 heteroatoms. The summed E-state index contributed by atoms with van der Waals surface area (Å²) >= 11 is 3.06. The van der Waals surface area contributed by atoms with Gasteiger partial charge in [0, 0.05) is 34.3 Å². The van der Waals surface area contributed by atoms with Crippen LogP contribution in [0.5, 0.6) is 0 Å². The van der Waals surface area contributed by atoms with Crippen molar-refractivity contribution < 1.29 is 9.59 Å². The molecule has 0 saturated carbocycles. The highest BCUT2D eigenvalue weighted by Crippen LogP contribution is 2.26. The average molecular weight is 386 g/mol. The number of rotatable bonds is 7. The molecule has 134 valence electrons. The number of carbonyl (C=O) groups is 2. The fourth-order valence-corrected chi connectivity index (χ4v) is 3.76. The van der Waals surface area contributed by atoms with Gasteiger partial charge in [0.15, 0.2) is 5.13 Å². The Kier molecular flexibility index (Phi) is 6.14. The second kappa shape index (κ2) is 8.73. The van der Waals surface area contributed by atoms with E-state index in [0.29, 0.717) is 18.0 Å². The van der Waals surface area contributed by atoms with Gasteiger partial charge in [0.1, 0.15) is 0 Å². The SMILES string of the molecule is CCC(=O)Nc1ccc(-c2csc(NC(=O)CCc3cccs3)n2)cc1. The number of aryl methyl sites for hydroxylation is 1. The number of hydrogen-bond acceptors (Lipinski definition) is 5. The number of hydrogen-bond donors (Lipinski definition) is 2. The number of thiazole rings is 1. The molecule has 0 spiro atoms. The molecule has 3 aromatic rings. The van der Waals surface area contributed by atoms with Crippen LogP contribution >= 0.6 is 22.7 Å². The van der Waals surface area contributed by atoms with Crippen LogP contribution in [0, 0.1) is 0 Å². The van der Waals surface area contributed by atoms with Gasteiger partial charge in [-0.1, -0.05) is 25.1 Å². The number of nitrogens with zero attached hydrogens (tertiary/aromatic N) is 1. The molecule has 0 fully saturated rings. The van der Waals surface area contributed by atoms with Crippen molar-refractivity contribution in [2.45, 2.75) is 26.2 Å². The predicted octanol–water partition coefficient (Wildman–Crippen LogP) is 4.79. The van der Waals surface area contributed by atoms with E-state index in [-0.39, 0.29) is 11.8 Å². The zero-order valence-corrected chi connectivity index (χ0v) is 16.0. The summed E-state index contributed by atoms with van der Waals surface area (Å²) in [6, 6.07) is 11.5. The first-order valence-corrected chi connectivity index (χ1v) is 10.1. The van der Waals surface area contributed by atoms with E-state index in [2.05, 4.69) is 15.6 Å². The van der Waals surface area contributed by atoms with Crippen molar-refractivity contribution in [3.8, 4) is 11.3 Å². The van der Waals surface area contributed by atoms with Gasteiger partial charge < -0.3 is 10.6 Å². The average Bonchev–Trinajstić information content (AvgIpc) is 3.32. The van der Waals surface area contributed by atoms with Crippen molar-refractivity contribution in [2.24, 2.45) is 0 Å². The maximum absolute atomic E-state index is 12.0. The predicted molar refractivity (Wildman–Crippen MR) is 108 cm³/mol. The molecule has 26 heavy (non-hydrogen) atoms. The van der Waals surface area contributed by atoms with Gasteiger partial charge in [-0.15, -0.1) is 22.7 Å². The van der Waals surface area contributed by atoms with Crippen LogP contribution in [-0.4, -0.2) is 16.8 Å². The van der Waals surface area contributed by atoms with Crippen LogP contribution in [0.15, 0.2) is 47.2 Å². The number of carbonyl (C=O) groups excluding carboxylic acids is 2. The highest BCUT2D eigenvalue weighted by molar-refractivity contribution is 7.14. The first kappa shape index (κ1) is 18.3. The zero-order chi connectivity index (χ0) is 18.4. The summed E-state index contributed by atoms with van der Waals surface area (Å²) in [6.45, 7) is 1.81. The number of anilines is 2. The van der Waals surface area contributed by atoms with Crippen molar-refractivity contribution in [3.63, 3.8) is 0 Å². The highest BCUT2D eigenvalue weighted by Gasteiger charge is 2.09. The number of nitrogens with one attached hydrogen (secondary N) is 2. The van der Waals surface area contributed by atoms with Gasteiger partial charge in [-0.2, -0.15) is 0 Å². The van der Waals surface area contributed by atoms with Crippen LogP contribution in [0.2, 0.25) is 0 Å². The largest absolute Gasteiger partial charge is 0.326 e.